The summed E-state index contributed by atoms with van der Waals surface area (Å²) < 4.78 is 25.0. The van der Waals surface area contributed by atoms with Crippen LogP contribution in [0.25, 0.3) is 5.57 Å². The fourth-order valence-electron chi connectivity index (χ4n) is 4.06. The average molecular weight is 425 g/mol. The first-order valence-corrected chi connectivity index (χ1v) is 12.1. The zero-order chi connectivity index (χ0) is 20.9. The molecule has 156 valence electrons. The van der Waals surface area contributed by atoms with Crippen molar-refractivity contribution in [3.05, 3.63) is 69.6 Å². The molecule has 1 saturated heterocycles. The van der Waals surface area contributed by atoms with Crippen molar-refractivity contribution < 1.29 is 13.2 Å². The van der Waals surface area contributed by atoms with E-state index >= 15 is 0 Å². The molecular weight excluding hydrogens is 400 g/mol. The van der Waals surface area contributed by atoms with E-state index in [2.05, 4.69) is 10.3 Å². The highest BCUT2D eigenvalue weighted by Crippen LogP contribution is 2.38. The molecule has 5 rings (SSSR count). The zero-order valence-electron chi connectivity index (χ0n) is 16.6. The Bertz CT molecular complexity index is 1190. The number of aromatic nitrogens is 1. The van der Waals surface area contributed by atoms with Crippen molar-refractivity contribution in [2.45, 2.75) is 60.6 Å². The van der Waals surface area contributed by atoms with Crippen LogP contribution < -0.4 is 10.9 Å². The normalized spacial score (nSPS) is 22.2. The Hall–Kier alpha value is -2.67. The minimum atomic E-state index is -3.25. The molecule has 2 N–H and O–H groups in total. The smallest absolute Gasteiger partial charge is 0.251 e. The molecule has 1 atom stereocenters. The Labute approximate surface area is 175 Å². The first-order valence-electron chi connectivity index (χ1n) is 10.5. The van der Waals surface area contributed by atoms with E-state index in [0.717, 1.165) is 42.4 Å². The van der Waals surface area contributed by atoms with Gasteiger partial charge in [0, 0.05) is 29.3 Å². The van der Waals surface area contributed by atoms with Crippen LogP contribution in [0.15, 0.2) is 52.2 Å². The van der Waals surface area contributed by atoms with Crippen molar-refractivity contribution >= 4 is 21.3 Å². The Morgan fingerprint density at radius 2 is 1.67 bits per heavy atom. The minimum Gasteiger partial charge on any atom is -0.350 e. The van der Waals surface area contributed by atoms with Gasteiger partial charge in [-0.2, -0.15) is 0 Å². The van der Waals surface area contributed by atoms with E-state index in [9.17, 15) is 18.0 Å². The molecule has 1 aromatic heterocycles. The molecule has 1 amide bonds. The van der Waals surface area contributed by atoms with E-state index in [4.69, 9.17) is 0 Å². The highest BCUT2D eigenvalue weighted by atomic mass is 32.2. The summed E-state index contributed by atoms with van der Waals surface area (Å²) in [5, 5.41) is 2.68. The summed E-state index contributed by atoms with van der Waals surface area (Å²) in [6, 6.07) is 10.5. The number of hydrogen-bond donors (Lipinski definition) is 2. The lowest BCUT2D eigenvalue weighted by molar-refractivity contribution is -0.119. The summed E-state index contributed by atoms with van der Waals surface area (Å²) >= 11 is 0. The number of carbonyl (C=O) groups is 1. The lowest BCUT2D eigenvalue weighted by Gasteiger charge is -2.13. The van der Waals surface area contributed by atoms with Gasteiger partial charge in [-0.1, -0.05) is 24.3 Å². The van der Waals surface area contributed by atoms with E-state index in [1.54, 1.807) is 24.3 Å². The molecule has 2 aromatic rings. The minimum absolute atomic E-state index is 0.0130. The summed E-state index contributed by atoms with van der Waals surface area (Å²) in [6.07, 6.45) is 6.69. The van der Waals surface area contributed by atoms with Gasteiger partial charge in [0.2, 0.25) is 5.91 Å². The molecule has 7 heteroatoms. The fraction of sp³-hybridized carbons (Fsp3) is 0.391. The first kappa shape index (κ1) is 19.3. The lowest BCUT2D eigenvalue weighted by Crippen LogP contribution is -2.23. The SMILES string of the molecule is O=C1CC[C@H](/C=C(\c2ccc(S(=O)(=O)C3CC3)cc2)c2ccc(C3CC3)c(=O)[nH]2)N1. The molecule has 6 nitrogen and oxygen atoms in total. The second-order valence-corrected chi connectivity index (χ2v) is 10.7. The van der Waals surface area contributed by atoms with Gasteiger partial charge in [0.05, 0.1) is 10.1 Å². The van der Waals surface area contributed by atoms with Crippen LogP contribution >= 0.6 is 0 Å². The summed E-state index contributed by atoms with van der Waals surface area (Å²) in [7, 11) is -3.25. The molecule has 2 saturated carbocycles. The van der Waals surface area contributed by atoms with Crippen molar-refractivity contribution in [1.82, 2.24) is 10.3 Å². The molecule has 0 spiro atoms. The number of rotatable bonds is 6. The van der Waals surface area contributed by atoms with E-state index in [1.165, 1.54) is 0 Å². The predicted octanol–water partition coefficient (Wildman–Crippen LogP) is 2.90. The van der Waals surface area contributed by atoms with Gasteiger partial charge in [-0.3, -0.25) is 9.59 Å². The van der Waals surface area contributed by atoms with Gasteiger partial charge in [0.1, 0.15) is 0 Å². The van der Waals surface area contributed by atoms with Crippen LogP contribution in [0, 0.1) is 0 Å². The largest absolute Gasteiger partial charge is 0.350 e. The number of hydrogen-bond acceptors (Lipinski definition) is 4. The monoisotopic (exact) mass is 424 g/mol. The summed E-state index contributed by atoms with van der Waals surface area (Å²) in [6.45, 7) is 0. The van der Waals surface area contributed by atoms with Crippen LogP contribution in [0.5, 0.6) is 0 Å². The van der Waals surface area contributed by atoms with Gasteiger partial charge in [0.15, 0.2) is 9.84 Å². The van der Waals surface area contributed by atoms with Crippen molar-refractivity contribution in [1.29, 1.82) is 0 Å². The van der Waals surface area contributed by atoms with E-state index < -0.39 is 9.84 Å². The highest BCUT2D eigenvalue weighted by molar-refractivity contribution is 7.92. The number of carbonyl (C=O) groups excluding carboxylic acids is 1. The molecule has 2 aliphatic carbocycles. The van der Waals surface area contributed by atoms with Crippen molar-refractivity contribution in [2.75, 3.05) is 0 Å². The molecule has 2 heterocycles. The zero-order valence-corrected chi connectivity index (χ0v) is 17.4. The third-order valence-corrected chi connectivity index (χ3v) is 8.38. The second kappa shape index (κ2) is 7.23. The summed E-state index contributed by atoms with van der Waals surface area (Å²) in [5.41, 5.74) is 3.00. The molecule has 1 aromatic carbocycles. The van der Waals surface area contributed by atoms with Crippen LogP contribution in [0.2, 0.25) is 0 Å². The Kier molecular flexibility index (Phi) is 4.65. The molecule has 3 fully saturated rings. The van der Waals surface area contributed by atoms with Crippen molar-refractivity contribution in [3.63, 3.8) is 0 Å². The summed E-state index contributed by atoms with van der Waals surface area (Å²) in [5.74, 6) is 0.371. The topological polar surface area (TPSA) is 96.1 Å². The van der Waals surface area contributed by atoms with Crippen LogP contribution in [0.1, 0.15) is 61.3 Å². The van der Waals surface area contributed by atoms with Gasteiger partial charge in [-0.05, 0) is 61.8 Å². The van der Waals surface area contributed by atoms with Crippen LogP contribution in [0.3, 0.4) is 0 Å². The van der Waals surface area contributed by atoms with Gasteiger partial charge < -0.3 is 10.3 Å². The molecule has 0 unspecified atom stereocenters. The van der Waals surface area contributed by atoms with Crippen LogP contribution in [-0.2, 0) is 14.6 Å². The van der Waals surface area contributed by atoms with Gasteiger partial charge >= 0.3 is 0 Å². The molecule has 1 aliphatic heterocycles. The number of amides is 1. The standard InChI is InChI=1S/C23H24N2O4S/c26-22-12-5-16(24-22)13-20(21-11-10-19(14-1-2-14)23(27)25-21)15-3-6-17(7-4-15)30(28,29)18-8-9-18/h3-4,6-7,10-11,13-14,16,18H,1-2,5,8-9,12H2,(H,24,26)(H,25,27)/b20-13+/t16-/m1/s1. The van der Waals surface area contributed by atoms with Gasteiger partial charge in [-0.15, -0.1) is 0 Å². The molecule has 0 bridgehead atoms. The Morgan fingerprint density at radius 1 is 0.933 bits per heavy atom. The average Bonchev–Trinajstić information content (AvgIpc) is 3.64. The van der Waals surface area contributed by atoms with Gasteiger partial charge in [0.25, 0.3) is 5.56 Å². The van der Waals surface area contributed by atoms with Crippen LogP contribution in [0.4, 0.5) is 0 Å². The maximum Gasteiger partial charge on any atom is 0.251 e. The molecular formula is C23H24N2O4S. The quantitative estimate of drug-likeness (QED) is 0.745. The van der Waals surface area contributed by atoms with Crippen molar-refractivity contribution in [2.24, 2.45) is 0 Å². The number of benzene rings is 1. The van der Waals surface area contributed by atoms with E-state index in [-0.39, 0.29) is 22.8 Å². The number of aromatic amines is 1. The number of nitrogens with one attached hydrogen (secondary N) is 2. The van der Waals surface area contributed by atoms with E-state index in [1.807, 2.05) is 18.2 Å². The first-order chi connectivity index (χ1) is 14.4. The Balaban J connectivity index is 1.53. The summed E-state index contributed by atoms with van der Waals surface area (Å²) in [4.78, 5) is 27.6. The number of pyridine rings is 1. The second-order valence-electron chi connectivity index (χ2n) is 8.49. The van der Waals surface area contributed by atoms with E-state index in [0.29, 0.717) is 29.3 Å². The Morgan fingerprint density at radius 3 is 2.23 bits per heavy atom. The van der Waals surface area contributed by atoms with Gasteiger partial charge in [-0.25, -0.2) is 8.42 Å². The van der Waals surface area contributed by atoms with Crippen molar-refractivity contribution in [3.8, 4) is 0 Å². The number of H-pyrrole nitrogens is 1. The molecule has 30 heavy (non-hydrogen) atoms. The maximum absolute atomic E-state index is 12.6. The lowest BCUT2D eigenvalue weighted by atomic mass is 9.98. The third-order valence-electron chi connectivity index (χ3n) is 6.10. The maximum atomic E-state index is 12.6. The molecule has 0 radical (unpaired) electrons. The third kappa shape index (κ3) is 3.74. The predicted molar refractivity (Wildman–Crippen MR) is 114 cm³/mol. The van der Waals surface area contributed by atoms with Crippen LogP contribution in [-0.4, -0.2) is 30.6 Å². The number of sulfone groups is 1. The fourth-order valence-corrected chi connectivity index (χ4v) is 5.72. The molecule has 3 aliphatic rings. The highest BCUT2D eigenvalue weighted by Gasteiger charge is 2.36.